The van der Waals surface area contributed by atoms with Gasteiger partial charge in [-0.25, -0.2) is 0 Å². The molecule has 0 saturated carbocycles. The van der Waals surface area contributed by atoms with Crippen molar-refractivity contribution >= 4 is 0 Å². The zero-order valence-electron chi connectivity index (χ0n) is 8.85. The fraction of sp³-hybridized carbons (Fsp3) is 0.385. The third-order valence-electron chi connectivity index (χ3n) is 2.24. The van der Waals surface area contributed by atoms with Crippen molar-refractivity contribution in [3.63, 3.8) is 0 Å². The molecule has 1 aromatic rings. The van der Waals surface area contributed by atoms with Crippen LogP contribution >= 0.6 is 0 Å². The Kier molecular flexibility index (Phi) is 3.30. The average molecular weight is 174 g/mol. The van der Waals surface area contributed by atoms with Crippen molar-refractivity contribution in [2.45, 2.75) is 33.6 Å². The third kappa shape index (κ3) is 3.06. The van der Waals surface area contributed by atoms with Gasteiger partial charge in [-0.1, -0.05) is 48.4 Å². The quantitative estimate of drug-likeness (QED) is 0.611. The average Bonchev–Trinajstić information content (AvgIpc) is 2.02. The first-order chi connectivity index (χ1) is 6.11. The number of hydrogen-bond donors (Lipinski definition) is 0. The molecule has 0 aliphatic heterocycles. The number of aryl methyl sites for hydroxylation is 2. The lowest BCUT2D eigenvalue weighted by molar-refractivity contribution is 1.01. The van der Waals surface area contributed by atoms with E-state index in [1.54, 1.807) is 0 Å². The first-order valence-electron chi connectivity index (χ1n) is 4.85. The Morgan fingerprint density at radius 1 is 1.15 bits per heavy atom. The number of hydrogen-bond acceptors (Lipinski definition) is 0. The Morgan fingerprint density at radius 2 is 1.69 bits per heavy atom. The fourth-order valence-electron chi connectivity index (χ4n) is 1.58. The molecule has 0 aliphatic carbocycles. The number of allylic oxidation sites excluding steroid dienone is 1. The van der Waals surface area contributed by atoms with Crippen molar-refractivity contribution in [1.29, 1.82) is 0 Å². The Bertz CT molecular complexity index is 288. The second-order valence-corrected chi connectivity index (χ2v) is 3.78. The van der Waals surface area contributed by atoms with Crippen molar-refractivity contribution in [3.8, 4) is 0 Å². The first-order valence-corrected chi connectivity index (χ1v) is 4.85. The van der Waals surface area contributed by atoms with E-state index in [1.165, 1.54) is 22.3 Å². The highest BCUT2D eigenvalue weighted by atomic mass is 14.0. The SMILES string of the molecule is C=C(CC)Cc1cc(C)cc(C)c1. The van der Waals surface area contributed by atoms with Crippen molar-refractivity contribution in [2.75, 3.05) is 0 Å². The molecule has 0 radical (unpaired) electrons. The molecule has 0 atom stereocenters. The Morgan fingerprint density at radius 3 is 2.15 bits per heavy atom. The van der Waals surface area contributed by atoms with Crippen LogP contribution in [0.15, 0.2) is 30.4 Å². The molecule has 0 amide bonds. The van der Waals surface area contributed by atoms with E-state index in [2.05, 4.69) is 45.5 Å². The summed E-state index contributed by atoms with van der Waals surface area (Å²) in [7, 11) is 0. The van der Waals surface area contributed by atoms with Gasteiger partial charge in [0, 0.05) is 0 Å². The fourth-order valence-corrected chi connectivity index (χ4v) is 1.58. The molecule has 0 N–H and O–H groups in total. The minimum Gasteiger partial charge on any atom is -0.0995 e. The zero-order chi connectivity index (χ0) is 9.84. The van der Waals surface area contributed by atoms with E-state index in [-0.39, 0.29) is 0 Å². The van der Waals surface area contributed by atoms with Gasteiger partial charge in [-0.15, -0.1) is 0 Å². The molecule has 0 heterocycles. The molecule has 0 spiro atoms. The zero-order valence-corrected chi connectivity index (χ0v) is 8.85. The molecular formula is C13H18. The Balaban J connectivity index is 2.83. The van der Waals surface area contributed by atoms with E-state index in [1.807, 2.05) is 0 Å². The van der Waals surface area contributed by atoms with E-state index in [9.17, 15) is 0 Å². The van der Waals surface area contributed by atoms with Gasteiger partial charge >= 0.3 is 0 Å². The third-order valence-corrected chi connectivity index (χ3v) is 2.24. The van der Waals surface area contributed by atoms with Gasteiger partial charge in [0.2, 0.25) is 0 Å². The van der Waals surface area contributed by atoms with Gasteiger partial charge in [-0.05, 0) is 32.3 Å². The predicted octanol–water partition coefficient (Wildman–Crippen LogP) is 3.81. The minimum absolute atomic E-state index is 1.03. The lowest BCUT2D eigenvalue weighted by Crippen LogP contribution is -1.90. The minimum atomic E-state index is 1.03. The van der Waals surface area contributed by atoms with Crippen LogP contribution in [0.2, 0.25) is 0 Å². The largest absolute Gasteiger partial charge is 0.0995 e. The van der Waals surface area contributed by atoms with E-state index < -0.39 is 0 Å². The molecule has 0 fully saturated rings. The molecule has 0 bridgehead atoms. The van der Waals surface area contributed by atoms with E-state index >= 15 is 0 Å². The summed E-state index contributed by atoms with van der Waals surface area (Å²) in [5.74, 6) is 0. The summed E-state index contributed by atoms with van der Waals surface area (Å²) < 4.78 is 0. The van der Waals surface area contributed by atoms with Crippen LogP contribution in [0.4, 0.5) is 0 Å². The van der Waals surface area contributed by atoms with Crippen LogP contribution < -0.4 is 0 Å². The lowest BCUT2D eigenvalue weighted by atomic mass is 10.0. The molecule has 0 saturated heterocycles. The summed E-state index contributed by atoms with van der Waals surface area (Å²) in [5.41, 5.74) is 5.40. The van der Waals surface area contributed by atoms with Gasteiger partial charge in [0.15, 0.2) is 0 Å². The van der Waals surface area contributed by atoms with Crippen molar-refractivity contribution in [2.24, 2.45) is 0 Å². The summed E-state index contributed by atoms with van der Waals surface area (Å²) in [6, 6.07) is 6.69. The maximum Gasteiger partial charge on any atom is -0.00697 e. The summed E-state index contributed by atoms with van der Waals surface area (Å²) in [4.78, 5) is 0. The van der Waals surface area contributed by atoms with Crippen molar-refractivity contribution in [3.05, 3.63) is 47.0 Å². The molecule has 1 aromatic carbocycles. The Hall–Kier alpha value is -1.04. The molecule has 0 unspecified atom stereocenters. The topological polar surface area (TPSA) is 0 Å². The smallest absolute Gasteiger partial charge is 0.00697 e. The molecular weight excluding hydrogens is 156 g/mol. The normalized spacial score (nSPS) is 10.1. The van der Waals surface area contributed by atoms with E-state index in [0.29, 0.717) is 0 Å². The summed E-state index contributed by atoms with van der Waals surface area (Å²) >= 11 is 0. The van der Waals surface area contributed by atoms with Crippen LogP contribution in [0.5, 0.6) is 0 Å². The van der Waals surface area contributed by atoms with Gasteiger partial charge in [0.25, 0.3) is 0 Å². The Labute approximate surface area is 81.3 Å². The highest BCUT2D eigenvalue weighted by Gasteiger charge is 1.97. The van der Waals surface area contributed by atoms with Gasteiger partial charge in [-0.2, -0.15) is 0 Å². The van der Waals surface area contributed by atoms with Crippen LogP contribution in [0.1, 0.15) is 30.0 Å². The van der Waals surface area contributed by atoms with Crippen molar-refractivity contribution in [1.82, 2.24) is 0 Å². The van der Waals surface area contributed by atoms with Crippen LogP contribution in [0.25, 0.3) is 0 Å². The molecule has 0 aliphatic rings. The van der Waals surface area contributed by atoms with Crippen LogP contribution in [0.3, 0.4) is 0 Å². The summed E-state index contributed by atoms with van der Waals surface area (Å²) in [6.07, 6.45) is 2.10. The summed E-state index contributed by atoms with van der Waals surface area (Å²) in [5, 5.41) is 0. The van der Waals surface area contributed by atoms with Crippen molar-refractivity contribution < 1.29 is 0 Å². The van der Waals surface area contributed by atoms with Gasteiger partial charge in [0.1, 0.15) is 0 Å². The van der Waals surface area contributed by atoms with Crippen LogP contribution in [-0.2, 0) is 6.42 Å². The predicted molar refractivity (Wildman–Crippen MR) is 59.1 cm³/mol. The number of benzene rings is 1. The molecule has 70 valence electrons. The van der Waals surface area contributed by atoms with E-state index in [4.69, 9.17) is 0 Å². The van der Waals surface area contributed by atoms with Gasteiger partial charge in [0.05, 0.1) is 0 Å². The molecule has 0 heteroatoms. The number of rotatable bonds is 3. The molecule has 1 rings (SSSR count). The second-order valence-electron chi connectivity index (χ2n) is 3.78. The van der Waals surface area contributed by atoms with Gasteiger partial charge in [-0.3, -0.25) is 0 Å². The first kappa shape index (κ1) is 10.0. The lowest BCUT2D eigenvalue weighted by Gasteiger charge is -2.05. The molecule has 13 heavy (non-hydrogen) atoms. The maximum atomic E-state index is 4.03. The standard InChI is InChI=1S/C13H18/c1-5-10(2)7-13-8-11(3)6-12(4)9-13/h6,8-9H,2,5,7H2,1,3-4H3. The van der Waals surface area contributed by atoms with Crippen LogP contribution in [0, 0.1) is 13.8 Å². The second kappa shape index (κ2) is 4.27. The highest BCUT2D eigenvalue weighted by Crippen LogP contribution is 2.13. The van der Waals surface area contributed by atoms with Crippen LogP contribution in [-0.4, -0.2) is 0 Å². The highest BCUT2D eigenvalue weighted by molar-refractivity contribution is 5.30. The maximum absolute atomic E-state index is 4.03. The molecule has 0 nitrogen and oxygen atoms in total. The molecule has 0 aromatic heterocycles. The summed E-state index contributed by atoms with van der Waals surface area (Å²) in [6.45, 7) is 10.5. The van der Waals surface area contributed by atoms with E-state index in [0.717, 1.165) is 12.8 Å². The monoisotopic (exact) mass is 174 g/mol. The van der Waals surface area contributed by atoms with Gasteiger partial charge < -0.3 is 0 Å².